The van der Waals surface area contributed by atoms with Gasteiger partial charge in [0.15, 0.2) is 0 Å². The fraction of sp³-hybridized carbons (Fsp3) is 0.0385. The molecule has 0 fully saturated rings. The first-order valence-corrected chi connectivity index (χ1v) is 11.8. The molecule has 0 aliphatic heterocycles. The summed E-state index contributed by atoms with van der Waals surface area (Å²) in [4.78, 5) is 0.243. The van der Waals surface area contributed by atoms with Crippen molar-refractivity contribution in [2.45, 2.75) is 11.4 Å². The van der Waals surface area contributed by atoms with E-state index >= 15 is 0 Å². The van der Waals surface area contributed by atoms with Crippen molar-refractivity contribution in [1.29, 1.82) is 0 Å². The Labute approximate surface area is 187 Å². The smallest absolute Gasteiger partial charge is 0.240 e. The fourth-order valence-corrected chi connectivity index (χ4v) is 4.72. The van der Waals surface area contributed by atoms with Gasteiger partial charge in [0.2, 0.25) is 10.0 Å². The van der Waals surface area contributed by atoms with E-state index in [-0.39, 0.29) is 11.4 Å². The van der Waals surface area contributed by atoms with Crippen molar-refractivity contribution in [2.75, 3.05) is 0 Å². The highest BCUT2D eigenvalue weighted by Crippen LogP contribution is 2.25. The minimum absolute atomic E-state index is 0.131. The zero-order valence-electron chi connectivity index (χ0n) is 17.2. The van der Waals surface area contributed by atoms with Crippen molar-refractivity contribution in [3.05, 3.63) is 115 Å². The second-order valence-electron chi connectivity index (χ2n) is 7.48. The summed E-state index contributed by atoms with van der Waals surface area (Å²) in [6, 6.07) is 32.4. The van der Waals surface area contributed by atoms with Gasteiger partial charge in [-0.1, -0.05) is 78.9 Å². The second-order valence-corrected chi connectivity index (χ2v) is 9.25. The van der Waals surface area contributed by atoms with Gasteiger partial charge in [0, 0.05) is 23.9 Å². The molecule has 0 aliphatic carbocycles. The van der Waals surface area contributed by atoms with E-state index < -0.39 is 10.0 Å². The van der Waals surface area contributed by atoms with Crippen LogP contribution in [-0.4, -0.2) is 18.2 Å². The molecule has 4 aromatic carbocycles. The number of sulfonamides is 1. The summed E-state index contributed by atoms with van der Waals surface area (Å²) in [7, 11) is -3.69. The molecule has 0 saturated carbocycles. The number of rotatable bonds is 6. The molecule has 0 aliphatic rings. The maximum Gasteiger partial charge on any atom is 0.240 e. The van der Waals surface area contributed by atoms with Crippen molar-refractivity contribution in [3.8, 4) is 16.9 Å². The first-order valence-electron chi connectivity index (χ1n) is 10.3. The van der Waals surface area contributed by atoms with Crippen molar-refractivity contribution in [2.24, 2.45) is 0 Å². The van der Waals surface area contributed by atoms with Crippen LogP contribution in [-0.2, 0) is 16.6 Å². The predicted molar refractivity (Wildman–Crippen MR) is 127 cm³/mol. The number of benzene rings is 4. The summed E-state index contributed by atoms with van der Waals surface area (Å²) in [5, 5.41) is 6.64. The van der Waals surface area contributed by atoms with Gasteiger partial charge in [0.05, 0.1) is 16.3 Å². The van der Waals surface area contributed by atoms with Gasteiger partial charge in [-0.15, -0.1) is 0 Å². The Morgan fingerprint density at radius 1 is 0.750 bits per heavy atom. The average molecular weight is 440 g/mol. The predicted octanol–water partition coefficient (Wildman–Crippen LogP) is 5.17. The summed E-state index contributed by atoms with van der Waals surface area (Å²) in [5.41, 5.74) is 3.38. The number of nitrogens with one attached hydrogen (secondary N) is 1. The van der Waals surface area contributed by atoms with Gasteiger partial charge in [-0.25, -0.2) is 17.8 Å². The number of nitrogens with zero attached hydrogens (tertiary/aromatic N) is 2. The quantitative estimate of drug-likeness (QED) is 0.397. The van der Waals surface area contributed by atoms with E-state index in [1.807, 2.05) is 97.2 Å². The molecule has 0 bridgehead atoms. The molecule has 0 saturated heterocycles. The zero-order valence-corrected chi connectivity index (χ0v) is 18.0. The molecule has 32 heavy (non-hydrogen) atoms. The Kier molecular flexibility index (Phi) is 5.31. The Balaban J connectivity index is 1.48. The monoisotopic (exact) mass is 439 g/mol. The molecule has 1 aromatic heterocycles. The van der Waals surface area contributed by atoms with Crippen LogP contribution < -0.4 is 4.72 Å². The van der Waals surface area contributed by atoms with Crippen LogP contribution in [0, 0.1) is 0 Å². The summed E-state index contributed by atoms with van der Waals surface area (Å²) in [5.74, 6) is 0. The van der Waals surface area contributed by atoms with Crippen LogP contribution >= 0.6 is 0 Å². The third kappa shape index (κ3) is 4.06. The molecule has 0 radical (unpaired) electrons. The molecular formula is C26H21N3O2S. The highest BCUT2D eigenvalue weighted by atomic mass is 32.2. The molecule has 5 aromatic rings. The van der Waals surface area contributed by atoms with Crippen LogP contribution in [0.3, 0.4) is 0 Å². The largest absolute Gasteiger partial charge is 0.240 e. The highest BCUT2D eigenvalue weighted by Gasteiger charge is 2.18. The van der Waals surface area contributed by atoms with Gasteiger partial charge in [-0.2, -0.15) is 5.10 Å². The van der Waals surface area contributed by atoms with E-state index in [0.29, 0.717) is 0 Å². The Morgan fingerprint density at radius 3 is 2.16 bits per heavy atom. The topological polar surface area (TPSA) is 64.0 Å². The van der Waals surface area contributed by atoms with Crippen molar-refractivity contribution < 1.29 is 8.42 Å². The normalized spacial score (nSPS) is 11.6. The number of hydrogen-bond donors (Lipinski definition) is 1. The molecule has 158 valence electrons. The molecule has 5 rings (SSSR count). The standard InChI is InChI=1S/C26H21N3O2S/c30-32(31,25-16-15-20-9-7-8-12-22(20)17-25)27-18-23-19-29(24-13-5-2-6-14-24)28-26(23)21-10-3-1-4-11-21/h1-17,19,27H,18H2. The third-order valence-corrected chi connectivity index (χ3v) is 6.74. The summed E-state index contributed by atoms with van der Waals surface area (Å²) < 4.78 is 30.6. The van der Waals surface area contributed by atoms with E-state index in [2.05, 4.69) is 4.72 Å². The minimum Gasteiger partial charge on any atom is -0.240 e. The van der Waals surface area contributed by atoms with Gasteiger partial charge < -0.3 is 0 Å². The van der Waals surface area contributed by atoms with Crippen LogP contribution in [0.2, 0.25) is 0 Å². The summed E-state index contributed by atoms with van der Waals surface area (Å²) in [6.45, 7) is 0.131. The van der Waals surface area contributed by atoms with E-state index in [1.54, 1.807) is 16.8 Å². The number of hydrogen-bond acceptors (Lipinski definition) is 3. The van der Waals surface area contributed by atoms with Gasteiger partial charge >= 0.3 is 0 Å². The van der Waals surface area contributed by atoms with Crippen LogP contribution in [0.25, 0.3) is 27.7 Å². The van der Waals surface area contributed by atoms with Crippen molar-refractivity contribution >= 4 is 20.8 Å². The van der Waals surface area contributed by atoms with Crippen molar-refractivity contribution in [3.63, 3.8) is 0 Å². The van der Waals surface area contributed by atoms with E-state index in [4.69, 9.17) is 5.10 Å². The fourth-order valence-electron chi connectivity index (χ4n) is 3.68. The SMILES string of the molecule is O=S(=O)(NCc1cn(-c2ccccc2)nc1-c1ccccc1)c1ccc2ccccc2c1. The van der Waals surface area contributed by atoms with Gasteiger partial charge in [0.1, 0.15) is 0 Å². The molecule has 6 heteroatoms. The first-order chi connectivity index (χ1) is 15.6. The molecule has 0 unspecified atom stereocenters. The average Bonchev–Trinajstić information content (AvgIpc) is 3.28. The molecule has 0 spiro atoms. The minimum atomic E-state index is -3.69. The lowest BCUT2D eigenvalue weighted by molar-refractivity contribution is 0.581. The Hall–Kier alpha value is -3.74. The van der Waals surface area contributed by atoms with Gasteiger partial charge in [-0.3, -0.25) is 0 Å². The van der Waals surface area contributed by atoms with Crippen molar-refractivity contribution in [1.82, 2.24) is 14.5 Å². The summed E-state index contributed by atoms with van der Waals surface area (Å²) >= 11 is 0. The maximum atomic E-state index is 13.0. The molecule has 0 atom stereocenters. The van der Waals surface area contributed by atoms with Crippen LogP contribution in [0.4, 0.5) is 0 Å². The first kappa shape index (κ1) is 20.2. The van der Waals surface area contributed by atoms with Gasteiger partial charge in [0.25, 0.3) is 0 Å². The number of fused-ring (bicyclic) bond motifs is 1. The lowest BCUT2D eigenvalue weighted by Gasteiger charge is -2.08. The molecule has 1 N–H and O–H groups in total. The number of aromatic nitrogens is 2. The number of para-hydroxylation sites is 1. The lowest BCUT2D eigenvalue weighted by Crippen LogP contribution is -2.23. The molecular weight excluding hydrogens is 418 g/mol. The molecule has 0 amide bonds. The molecule has 5 nitrogen and oxygen atoms in total. The van der Waals surface area contributed by atoms with E-state index in [0.717, 1.165) is 33.3 Å². The maximum absolute atomic E-state index is 13.0. The highest BCUT2D eigenvalue weighted by molar-refractivity contribution is 7.89. The third-order valence-electron chi connectivity index (χ3n) is 5.34. The van der Waals surface area contributed by atoms with Crippen LogP contribution in [0.15, 0.2) is 114 Å². The second kappa shape index (κ2) is 8.42. The summed E-state index contributed by atoms with van der Waals surface area (Å²) in [6.07, 6.45) is 1.88. The van der Waals surface area contributed by atoms with Crippen LogP contribution in [0.5, 0.6) is 0 Å². The van der Waals surface area contributed by atoms with E-state index in [1.165, 1.54) is 0 Å². The van der Waals surface area contributed by atoms with Gasteiger partial charge in [-0.05, 0) is 35.0 Å². The zero-order chi connectivity index (χ0) is 22.0. The van der Waals surface area contributed by atoms with E-state index in [9.17, 15) is 8.42 Å². The lowest BCUT2D eigenvalue weighted by atomic mass is 10.1. The Morgan fingerprint density at radius 2 is 1.41 bits per heavy atom. The Bertz CT molecular complexity index is 1480. The van der Waals surface area contributed by atoms with Crippen LogP contribution in [0.1, 0.15) is 5.56 Å². The molecule has 1 heterocycles.